The lowest BCUT2D eigenvalue weighted by atomic mass is 10.2. The Bertz CT molecular complexity index is 666. The zero-order chi connectivity index (χ0) is 16.8. The molecule has 2 amide bonds. The van der Waals surface area contributed by atoms with Crippen LogP contribution in [0.5, 0.6) is 0 Å². The zero-order valence-corrected chi connectivity index (χ0v) is 12.6. The second kappa shape index (κ2) is 7.55. The molecule has 0 saturated carbocycles. The normalized spacial score (nSPS) is 10.8. The molecule has 1 rings (SSSR count). The Labute approximate surface area is 127 Å². The predicted molar refractivity (Wildman–Crippen MR) is 74.9 cm³/mol. The molecule has 0 spiro atoms. The molecule has 0 aliphatic carbocycles. The average molecular weight is 327 g/mol. The number of anilines is 1. The van der Waals surface area contributed by atoms with E-state index < -0.39 is 27.8 Å². The molecule has 0 bridgehead atoms. The zero-order valence-electron chi connectivity index (χ0n) is 11.8. The molecule has 2 N–H and O–H groups in total. The highest BCUT2D eigenvalue weighted by Gasteiger charge is 2.15. The third-order valence-electron chi connectivity index (χ3n) is 2.51. The molecular weight excluding hydrogens is 312 g/mol. The number of carboxylic acid groups (broad SMARTS) is 1. The molecule has 0 aliphatic heterocycles. The van der Waals surface area contributed by atoms with E-state index >= 15 is 0 Å². The van der Waals surface area contributed by atoms with Crippen LogP contribution in [-0.2, 0) is 24.4 Å². The lowest BCUT2D eigenvalue weighted by Crippen LogP contribution is -2.28. The Kier molecular flexibility index (Phi) is 6.05. The first-order valence-electron chi connectivity index (χ1n) is 6.34. The van der Waals surface area contributed by atoms with Gasteiger partial charge in [-0.2, -0.15) is 0 Å². The summed E-state index contributed by atoms with van der Waals surface area (Å²) < 4.78 is 25.2. The maximum Gasteiger partial charge on any atom is 0.264 e. The van der Waals surface area contributed by atoms with Crippen molar-refractivity contribution in [3.05, 3.63) is 24.3 Å². The fourth-order valence-electron chi connectivity index (χ4n) is 1.58. The van der Waals surface area contributed by atoms with E-state index in [1.165, 1.54) is 24.3 Å². The van der Waals surface area contributed by atoms with Crippen molar-refractivity contribution in [2.75, 3.05) is 5.32 Å². The van der Waals surface area contributed by atoms with Gasteiger partial charge in [-0.25, -0.2) is 13.1 Å². The fraction of sp³-hybridized carbons (Fsp3) is 0.308. The van der Waals surface area contributed by atoms with Crippen molar-refractivity contribution in [3.63, 3.8) is 0 Å². The summed E-state index contributed by atoms with van der Waals surface area (Å²) in [5, 5.41) is 12.7. The van der Waals surface area contributed by atoms with Gasteiger partial charge in [0.25, 0.3) is 10.0 Å². The minimum Gasteiger partial charge on any atom is -0.550 e. The molecule has 8 nitrogen and oxygen atoms in total. The summed E-state index contributed by atoms with van der Waals surface area (Å²) in [6.07, 6.45) is -0.0373. The first kappa shape index (κ1) is 17.6. The van der Waals surface area contributed by atoms with Crippen molar-refractivity contribution in [1.82, 2.24) is 4.72 Å². The van der Waals surface area contributed by atoms with Crippen LogP contribution in [0.4, 0.5) is 5.69 Å². The van der Waals surface area contributed by atoms with Gasteiger partial charge in [-0.3, -0.25) is 9.59 Å². The van der Waals surface area contributed by atoms with Crippen LogP contribution in [0.2, 0.25) is 0 Å². The predicted octanol–water partition coefficient (Wildman–Crippen LogP) is -0.630. The molecule has 0 aliphatic rings. The van der Waals surface area contributed by atoms with E-state index in [1.54, 1.807) is 0 Å². The van der Waals surface area contributed by atoms with Crippen LogP contribution in [0.3, 0.4) is 0 Å². The summed E-state index contributed by atoms with van der Waals surface area (Å²) in [7, 11) is -3.91. The third-order valence-corrected chi connectivity index (χ3v) is 3.96. The highest BCUT2D eigenvalue weighted by Crippen LogP contribution is 2.14. The van der Waals surface area contributed by atoms with Crippen LogP contribution >= 0.6 is 0 Å². The molecular formula is C13H15N2O6S-. The average Bonchev–Trinajstić information content (AvgIpc) is 2.37. The lowest BCUT2D eigenvalue weighted by molar-refractivity contribution is -0.305. The third kappa shape index (κ3) is 5.92. The number of amides is 2. The number of benzene rings is 1. The molecule has 0 heterocycles. The van der Waals surface area contributed by atoms with Crippen LogP contribution in [-0.4, -0.2) is 26.2 Å². The number of nitrogens with one attached hydrogen (secondary N) is 2. The van der Waals surface area contributed by atoms with E-state index in [2.05, 4.69) is 5.32 Å². The number of aliphatic carboxylic acids is 1. The van der Waals surface area contributed by atoms with Gasteiger partial charge >= 0.3 is 0 Å². The molecule has 22 heavy (non-hydrogen) atoms. The summed E-state index contributed by atoms with van der Waals surface area (Å²) in [5.41, 5.74) is 0.361. The Morgan fingerprint density at radius 1 is 1.09 bits per heavy atom. The van der Waals surface area contributed by atoms with Gasteiger partial charge < -0.3 is 15.2 Å². The quantitative estimate of drug-likeness (QED) is 0.685. The van der Waals surface area contributed by atoms with Crippen molar-refractivity contribution >= 4 is 33.5 Å². The molecule has 120 valence electrons. The van der Waals surface area contributed by atoms with Crippen LogP contribution in [0, 0.1) is 0 Å². The van der Waals surface area contributed by atoms with E-state index in [1.807, 2.05) is 4.72 Å². The second-order valence-corrected chi connectivity index (χ2v) is 6.14. The highest BCUT2D eigenvalue weighted by molar-refractivity contribution is 7.90. The van der Waals surface area contributed by atoms with Crippen molar-refractivity contribution in [2.45, 2.75) is 31.1 Å². The lowest BCUT2D eigenvalue weighted by Gasteiger charge is -2.08. The smallest absolute Gasteiger partial charge is 0.264 e. The van der Waals surface area contributed by atoms with Crippen molar-refractivity contribution < 1.29 is 27.9 Å². The van der Waals surface area contributed by atoms with E-state index in [0.29, 0.717) is 5.69 Å². The first-order chi connectivity index (χ1) is 10.2. The van der Waals surface area contributed by atoms with Crippen molar-refractivity contribution in [2.24, 2.45) is 0 Å². The standard InChI is InChI=1S/C13H16N2O6S/c1-9(16)15-22(20,21)11-7-5-10(6-8-11)14-12(17)3-2-4-13(18)19/h5-8H,2-4H2,1H3,(H,14,17)(H,15,16)(H,18,19)/p-1. The molecule has 0 fully saturated rings. The van der Waals surface area contributed by atoms with E-state index in [0.717, 1.165) is 6.92 Å². The van der Waals surface area contributed by atoms with Gasteiger partial charge in [-0.1, -0.05) is 0 Å². The monoisotopic (exact) mass is 327 g/mol. The van der Waals surface area contributed by atoms with Crippen LogP contribution < -0.4 is 15.1 Å². The van der Waals surface area contributed by atoms with Gasteiger partial charge in [-0.15, -0.1) is 0 Å². The van der Waals surface area contributed by atoms with E-state index in [4.69, 9.17) is 0 Å². The molecule has 0 unspecified atom stereocenters. The summed E-state index contributed by atoms with van der Waals surface area (Å²) in [4.78, 5) is 32.4. The van der Waals surface area contributed by atoms with Gasteiger partial charge in [0.15, 0.2) is 0 Å². The van der Waals surface area contributed by atoms with Gasteiger partial charge in [0, 0.05) is 25.0 Å². The Balaban J connectivity index is 2.63. The number of carboxylic acids is 1. The number of sulfonamides is 1. The number of hydrogen-bond acceptors (Lipinski definition) is 6. The molecule has 0 aromatic heterocycles. The Morgan fingerprint density at radius 3 is 2.18 bits per heavy atom. The van der Waals surface area contributed by atoms with Crippen LogP contribution in [0.25, 0.3) is 0 Å². The number of hydrogen-bond donors (Lipinski definition) is 2. The molecule has 0 saturated heterocycles. The summed E-state index contributed by atoms with van der Waals surface area (Å²) in [6.45, 7) is 1.08. The fourth-order valence-corrected chi connectivity index (χ4v) is 2.57. The summed E-state index contributed by atoms with van der Waals surface area (Å²) >= 11 is 0. The maximum atomic E-state index is 11.7. The highest BCUT2D eigenvalue weighted by atomic mass is 32.2. The molecule has 1 aromatic carbocycles. The molecule has 9 heteroatoms. The maximum absolute atomic E-state index is 11.7. The van der Waals surface area contributed by atoms with Gasteiger partial charge in [0.2, 0.25) is 11.8 Å². The van der Waals surface area contributed by atoms with E-state index in [9.17, 15) is 27.9 Å². The summed E-state index contributed by atoms with van der Waals surface area (Å²) in [6, 6.07) is 5.21. The minimum absolute atomic E-state index is 0.0138. The largest absolute Gasteiger partial charge is 0.550 e. The molecule has 1 aromatic rings. The molecule has 0 radical (unpaired) electrons. The Hall–Kier alpha value is -2.42. The first-order valence-corrected chi connectivity index (χ1v) is 7.82. The number of carbonyl (C=O) groups is 3. The van der Waals surface area contributed by atoms with Crippen molar-refractivity contribution in [1.29, 1.82) is 0 Å². The van der Waals surface area contributed by atoms with Crippen LogP contribution in [0.1, 0.15) is 26.2 Å². The SMILES string of the molecule is CC(=O)NS(=O)(=O)c1ccc(NC(=O)CCCC(=O)[O-])cc1. The Morgan fingerprint density at radius 2 is 1.68 bits per heavy atom. The van der Waals surface area contributed by atoms with Crippen molar-refractivity contribution in [3.8, 4) is 0 Å². The minimum atomic E-state index is -3.91. The van der Waals surface area contributed by atoms with Gasteiger partial charge in [0.1, 0.15) is 0 Å². The summed E-state index contributed by atoms with van der Waals surface area (Å²) in [5.74, 6) is -2.32. The topological polar surface area (TPSA) is 132 Å². The second-order valence-electron chi connectivity index (χ2n) is 4.46. The van der Waals surface area contributed by atoms with E-state index in [-0.39, 0.29) is 24.2 Å². The van der Waals surface area contributed by atoms with Crippen LogP contribution in [0.15, 0.2) is 29.2 Å². The van der Waals surface area contributed by atoms with Gasteiger partial charge in [-0.05, 0) is 37.1 Å². The number of carbonyl (C=O) groups excluding carboxylic acids is 3. The number of rotatable bonds is 7. The molecule has 0 atom stereocenters. The van der Waals surface area contributed by atoms with Gasteiger partial charge in [0.05, 0.1) is 4.90 Å².